The largest absolute Gasteiger partial charge is 0.341 e. The Labute approximate surface area is 140 Å². The molecule has 1 aliphatic heterocycles. The zero-order valence-electron chi connectivity index (χ0n) is 14.2. The van der Waals surface area contributed by atoms with Gasteiger partial charge in [-0.05, 0) is 35.9 Å². The van der Waals surface area contributed by atoms with Gasteiger partial charge in [0, 0.05) is 26.1 Å². The fraction of sp³-hybridized carbons (Fsp3) is 0.611. The van der Waals surface area contributed by atoms with Crippen LogP contribution in [0.4, 0.5) is 0 Å². The maximum absolute atomic E-state index is 12.2. The SMILES string of the molecule is CN(C(=O)CCc1ccc(C(C)(C)C)cc1)C1CCNC1.Cl. The van der Waals surface area contributed by atoms with Crippen molar-refractivity contribution < 1.29 is 4.79 Å². The first-order chi connectivity index (χ1) is 9.88. The van der Waals surface area contributed by atoms with Crippen molar-refractivity contribution in [3.8, 4) is 0 Å². The van der Waals surface area contributed by atoms with E-state index in [2.05, 4.69) is 50.4 Å². The fourth-order valence-electron chi connectivity index (χ4n) is 2.77. The van der Waals surface area contributed by atoms with E-state index in [4.69, 9.17) is 0 Å². The highest BCUT2D eigenvalue weighted by Crippen LogP contribution is 2.22. The number of nitrogens with one attached hydrogen (secondary N) is 1. The molecule has 1 heterocycles. The number of aryl methyl sites for hydroxylation is 1. The van der Waals surface area contributed by atoms with E-state index in [-0.39, 0.29) is 23.7 Å². The number of hydrogen-bond donors (Lipinski definition) is 1. The maximum atomic E-state index is 12.2. The standard InChI is InChI=1S/C18H28N2O.ClH/c1-18(2,3)15-8-5-14(6-9-15)7-10-17(21)20(4)16-11-12-19-13-16;/h5-6,8-9,16,19H,7,10-13H2,1-4H3;1H. The highest BCUT2D eigenvalue weighted by Gasteiger charge is 2.22. The van der Waals surface area contributed by atoms with Crippen LogP contribution in [0.15, 0.2) is 24.3 Å². The summed E-state index contributed by atoms with van der Waals surface area (Å²) in [6, 6.07) is 9.06. The number of likely N-dealkylation sites (N-methyl/N-ethyl adjacent to an activating group) is 1. The normalized spacial score (nSPS) is 17.9. The molecule has 1 unspecified atom stereocenters. The molecule has 1 N–H and O–H groups in total. The second-order valence-electron chi connectivity index (χ2n) is 7.10. The van der Waals surface area contributed by atoms with Crippen molar-refractivity contribution in [1.82, 2.24) is 10.2 Å². The van der Waals surface area contributed by atoms with E-state index in [9.17, 15) is 4.79 Å². The minimum atomic E-state index is 0. The lowest BCUT2D eigenvalue weighted by atomic mass is 9.86. The first kappa shape index (κ1) is 19.0. The molecule has 22 heavy (non-hydrogen) atoms. The molecule has 1 aromatic carbocycles. The van der Waals surface area contributed by atoms with E-state index in [1.165, 1.54) is 11.1 Å². The van der Waals surface area contributed by atoms with Gasteiger partial charge in [-0.15, -0.1) is 12.4 Å². The maximum Gasteiger partial charge on any atom is 0.222 e. The average molecular weight is 325 g/mol. The molecule has 1 aromatic rings. The van der Waals surface area contributed by atoms with Gasteiger partial charge in [0.15, 0.2) is 0 Å². The zero-order valence-corrected chi connectivity index (χ0v) is 15.0. The third kappa shape index (κ3) is 4.99. The average Bonchev–Trinajstić information content (AvgIpc) is 2.97. The molecule has 0 radical (unpaired) electrons. The van der Waals surface area contributed by atoms with E-state index >= 15 is 0 Å². The van der Waals surface area contributed by atoms with Crippen molar-refractivity contribution in [3.63, 3.8) is 0 Å². The van der Waals surface area contributed by atoms with Crippen molar-refractivity contribution in [1.29, 1.82) is 0 Å². The van der Waals surface area contributed by atoms with Crippen molar-refractivity contribution in [2.24, 2.45) is 0 Å². The second-order valence-corrected chi connectivity index (χ2v) is 7.10. The molecule has 1 amide bonds. The van der Waals surface area contributed by atoms with Crippen LogP contribution in [0.1, 0.15) is 44.7 Å². The van der Waals surface area contributed by atoms with Crippen LogP contribution < -0.4 is 5.32 Å². The van der Waals surface area contributed by atoms with E-state index in [0.29, 0.717) is 12.5 Å². The van der Waals surface area contributed by atoms with Crippen molar-refractivity contribution in [3.05, 3.63) is 35.4 Å². The van der Waals surface area contributed by atoms with Crippen molar-refractivity contribution in [2.75, 3.05) is 20.1 Å². The van der Waals surface area contributed by atoms with E-state index in [0.717, 1.165) is 25.9 Å². The van der Waals surface area contributed by atoms with Gasteiger partial charge in [0.05, 0.1) is 0 Å². The molecule has 1 aliphatic rings. The first-order valence-electron chi connectivity index (χ1n) is 7.94. The molecule has 124 valence electrons. The van der Waals surface area contributed by atoms with E-state index in [1.54, 1.807) is 0 Å². The number of halogens is 1. The molecular formula is C18H29ClN2O. The van der Waals surface area contributed by atoms with Gasteiger partial charge in [-0.2, -0.15) is 0 Å². The zero-order chi connectivity index (χ0) is 15.5. The number of hydrogen-bond acceptors (Lipinski definition) is 2. The molecular weight excluding hydrogens is 296 g/mol. The van der Waals surface area contributed by atoms with E-state index < -0.39 is 0 Å². The molecule has 0 bridgehead atoms. The molecule has 1 atom stereocenters. The Balaban J connectivity index is 0.00000242. The predicted octanol–water partition coefficient (Wildman–Crippen LogP) is 3.16. The van der Waals surface area contributed by atoms with Gasteiger partial charge < -0.3 is 10.2 Å². The smallest absolute Gasteiger partial charge is 0.222 e. The molecule has 0 spiro atoms. The van der Waals surface area contributed by atoms with Crippen molar-refractivity contribution >= 4 is 18.3 Å². The van der Waals surface area contributed by atoms with Gasteiger partial charge in [0.2, 0.25) is 5.91 Å². The predicted molar refractivity (Wildman–Crippen MR) is 94.8 cm³/mol. The third-order valence-electron chi connectivity index (χ3n) is 4.42. The summed E-state index contributed by atoms with van der Waals surface area (Å²) in [5.41, 5.74) is 2.77. The number of carbonyl (C=O) groups excluding carboxylic acids is 1. The number of benzene rings is 1. The Bertz CT molecular complexity index is 473. The van der Waals surface area contributed by atoms with Crippen LogP contribution in [-0.4, -0.2) is 37.0 Å². The summed E-state index contributed by atoms with van der Waals surface area (Å²) in [4.78, 5) is 14.1. The summed E-state index contributed by atoms with van der Waals surface area (Å²) >= 11 is 0. The third-order valence-corrected chi connectivity index (χ3v) is 4.42. The number of rotatable bonds is 4. The van der Waals surface area contributed by atoms with Gasteiger partial charge in [-0.25, -0.2) is 0 Å². The number of amides is 1. The molecule has 0 aromatic heterocycles. The monoisotopic (exact) mass is 324 g/mol. The molecule has 0 aliphatic carbocycles. The summed E-state index contributed by atoms with van der Waals surface area (Å²) < 4.78 is 0. The topological polar surface area (TPSA) is 32.3 Å². The summed E-state index contributed by atoms with van der Waals surface area (Å²) in [6.07, 6.45) is 2.50. The Hall–Kier alpha value is -1.06. The highest BCUT2D eigenvalue weighted by molar-refractivity contribution is 5.85. The van der Waals surface area contributed by atoms with Gasteiger partial charge in [-0.1, -0.05) is 45.0 Å². The van der Waals surface area contributed by atoms with Gasteiger partial charge in [0.25, 0.3) is 0 Å². The van der Waals surface area contributed by atoms with Crippen molar-refractivity contribution in [2.45, 2.75) is 51.5 Å². The molecule has 2 rings (SSSR count). The van der Waals surface area contributed by atoms with Crippen LogP contribution in [0, 0.1) is 0 Å². The summed E-state index contributed by atoms with van der Waals surface area (Å²) in [5, 5.41) is 3.31. The lowest BCUT2D eigenvalue weighted by molar-refractivity contribution is -0.131. The Kier molecular flexibility index (Phi) is 6.89. The lowest BCUT2D eigenvalue weighted by Crippen LogP contribution is -2.38. The van der Waals surface area contributed by atoms with Crippen LogP contribution >= 0.6 is 12.4 Å². The van der Waals surface area contributed by atoms with Crippen LogP contribution in [0.2, 0.25) is 0 Å². The quantitative estimate of drug-likeness (QED) is 0.922. The molecule has 0 saturated carbocycles. The fourth-order valence-corrected chi connectivity index (χ4v) is 2.77. The lowest BCUT2D eigenvalue weighted by Gasteiger charge is -2.24. The molecule has 1 fully saturated rings. The minimum absolute atomic E-state index is 0. The van der Waals surface area contributed by atoms with Crippen LogP contribution in [0.3, 0.4) is 0 Å². The van der Waals surface area contributed by atoms with Crippen LogP contribution in [0.5, 0.6) is 0 Å². The summed E-state index contributed by atoms with van der Waals surface area (Å²) in [7, 11) is 1.93. The summed E-state index contributed by atoms with van der Waals surface area (Å²) in [5.74, 6) is 0.253. The van der Waals surface area contributed by atoms with Gasteiger partial charge in [0.1, 0.15) is 0 Å². The van der Waals surface area contributed by atoms with E-state index in [1.807, 2.05) is 11.9 Å². The highest BCUT2D eigenvalue weighted by atomic mass is 35.5. The molecule has 4 heteroatoms. The Morgan fingerprint density at radius 3 is 2.41 bits per heavy atom. The Morgan fingerprint density at radius 1 is 1.27 bits per heavy atom. The first-order valence-corrected chi connectivity index (χ1v) is 7.94. The Morgan fingerprint density at radius 2 is 1.91 bits per heavy atom. The molecule has 1 saturated heterocycles. The van der Waals surface area contributed by atoms with Gasteiger partial charge in [-0.3, -0.25) is 4.79 Å². The number of nitrogens with zero attached hydrogens (tertiary/aromatic N) is 1. The van der Waals surface area contributed by atoms with Crippen LogP contribution in [0.25, 0.3) is 0 Å². The second kappa shape index (κ2) is 7.98. The van der Waals surface area contributed by atoms with Crippen LogP contribution in [-0.2, 0) is 16.6 Å². The van der Waals surface area contributed by atoms with Gasteiger partial charge >= 0.3 is 0 Å². The summed E-state index contributed by atoms with van der Waals surface area (Å²) in [6.45, 7) is 8.61. The molecule has 3 nitrogen and oxygen atoms in total. The minimum Gasteiger partial charge on any atom is -0.341 e. The number of carbonyl (C=O) groups is 1.